The van der Waals surface area contributed by atoms with Gasteiger partial charge in [0.2, 0.25) is 5.91 Å². The third kappa shape index (κ3) is 3.32. The van der Waals surface area contributed by atoms with Crippen molar-refractivity contribution in [1.29, 1.82) is 0 Å². The van der Waals surface area contributed by atoms with Gasteiger partial charge in [-0.2, -0.15) is 0 Å². The quantitative estimate of drug-likeness (QED) is 0.873. The molecule has 0 radical (unpaired) electrons. The van der Waals surface area contributed by atoms with E-state index in [1.807, 2.05) is 30.3 Å². The number of nitrogens with zero attached hydrogens (tertiary/aromatic N) is 1. The highest BCUT2D eigenvalue weighted by Gasteiger charge is 2.27. The molecule has 1 heterocycles. The lowest BCUT2D eigenvalue weighted by Crippen LogP contribution is -2.40. The van der Waals surface area contributed by atoms with E-state index < -0.39 is 6.10 Å². The van der Waals surface area contributed by atoms with Crippen molar-refractivity contribution in [3.63, 3.8) is 0 Å². The summed E-state index contributed by atoms with van der Waals surface area (Å²) in [4.78, 5) is 25.5. The van der Waals surface area contributed by atoms with Gasteiger partial charge in [0.1, 0.15) is 0 Å². The molecule has 1 aromatic rings. The normalized spacial score (nSPS) is 17.5. The van der Waals surface area contributed by atoms with Crippen LogP contribution in [-0.4, -0.2) is 43.5 Å². The Morgan fingerprint density at radius 3 is 2.79 bits per heavy atom. The summed E-state index contributed by atoms with van der Waals surface area (Å²) >= 11 is 0. The highest BCUT2D eigenvalue weighted by molar-refractivity contribution is 5.88. The van der Waals surface area contributed by atoms with Gasteiger partial charge in [0.15, 0.2) is 6.10 Å². The number of carbonyl (C=O) groups is 2. The predicted octanol–water partition coefficient (Wildman–Crippen LogP) is 0.723. The fraction of sp³-hybridized carbons (Fsp3) is 0.429. The number of hydrogen-bond donors (Lipinski definition) is 1. The van der Waals surface area contributed by atoms with E-state index >= 15 is 0 Å². The van der Waals surface area contributed by atoms with Crippen LogP contribution in [0.15, 0.2) is 30.3 Å². The lowest BCUT2D eigenvalue weighted by Gasteiger charge is -2.24. The van der Waals surface area contributed by atoms with Crippen LogP contribution >= 0.6 is 0 Å². The van der Waals surface area contributed by atoms with Crippen LogP contribution in [0.3, 0.4) is 0 Å². The molecule has 19 heavy (non-hydrogen) atoms. The Labute approximate surface area is 112 Å². The number of amides is 2. The molecule has 2 amide bonds. The van der Waals surface area contributed by atoms with Crippen molar-refractivity contribution in [3.8, 4) is 0 Å². The maximum absolute atomic E-state index is 12.4. The number of carbonyl (C=O) groups excluding carboxylic acids is 2. The van der Waals surface area contributed by atoms with Crippen molar-refractivity contribution < 1.29 is 14.3 Å². The highest BCUT2D eigenvalue weighted by atomic mass is 16.5. The number of nitrogens with one attached hydrogen (secondary N) is 1. The zero-order valence-corrected chi connectivity index (χ0v) is 11.0. The first-order valence-corrected chi connectivity index (χ1v) is 6.35. The zero-order chi connectivity index (χ0) is 13.7. The Hall–Kier alpha value is -1.88. The first kappa shape index (κ1) is 13.5. The van der Waals surface area contributed by atoms with Crippen LogP contribution in [0.25, 0.3) is 0 Å². The molecule has 5 heteroatoms. The molecule has 0 spiro atoms. The van der Waals surface area contributed by atoms with E-state index in [4.69, 9.17) is 4.74 Å². The Bertz CT molecular complexity index is 447. The molecule has 0 saturated carbocycles. The Morgan fingerprint density at radius 2 is 2.11 bits per heavy atom. The summed E-state index contributed by atoms with van der Waals surface area (Å²) in [6.07, 6.45) is 0.120. The summed E-state index contributed by atoms with van der Waals surface area (Å²) in [5.74, 6) is -0.278. The van der Waals surface area contributed by atoms with Crippen molar-refractivity contribution in [1.82, 2.24) is 10.2 Å². The van der Waals surface area contributed by atoms with E-state index in [2.05, 4.69) is 5.32 Å². The summed E-state index contributed by atoms with van der Waals surface area (Å²) in [5.41, 5.74) is 0.805. The number of methoxy groups -OCH3 is 1. The van der Waals surface area contributed by atoms with Crippen molar-refractivity contribution in [3.05, 3.63) is 35.9 Å². The smallest absolute Gasteiger partial charge is 0.256 e. The van der Waals surface area contributed by atoms with E-state index in [9.17, 15) is 9.59 Å². The molecule has 1 aromatic carbocycles. The summed E-state index contributed by atoms with van der Waals surface area (Å²) in [6, 6.07) is 9.32. The minimum atomic E-state index is -0.646. The molecule has 1 atom stereocenters. The van der Waals surface area contributed by atoms with Crippen LogP contribution < -0.4 is 5.32 Å². The molecular weight excluding hydrogens is 244 g/mol. The standard InChI is InChI=1S/C14H18N2O3/c1-19-13(11-6-3-2-4-7-11)14(18)16-9-5-8-15-12(17)10-16/h2-4,6-7,13H,5,8-10H2,1H3,(H,15,17). The molecule has 0 bridgehead atoms. The molecule has 5 nitrogen and oxygen atoms in total. The summed E-state index contributed by atoms with van der Waals surface area (Å²) in [5, 5.41) is 2.75. The van der Waals surface area contributed by atoms with Crippen LogP contribution in [0.4, 0.5) is 0 Å². The van der Waals surface area contributed by atoms with E-state index in [0.717, 1.165) is 12.0 Å². The molecule has 0 aliphatic carbocycles. The van der Waals surface area contributed by atoms with E-state index in [0.29, 0.717) is 13.1 Å². The molecule has 2 rings (SSSR count). The minimum Gasteiger partial charge on any atom is -0.367 e. The average molecular weight is 262 g/mol. The molecule has 1 unspecified atom stereocenters. The highest BCUT2D eigenvalue weighted by Crippen LogP contribution is 2.19. The minimum absolute atomic E-state index is 0.103. The molecule has 0 aromatic heterocycles. The average Bonchev–Trinajstić information content (AvgIpc) is 2.65. The third-order valence-electron chi connectivity index (χ3n) is 3.14. The number of ether oxygens (including phenoxy) is 1. The molecule has 1 aliphatic heterocycles. The van der Waals surface area contributed by atoms with Gasteiger partial charge in [-0.1, -0.05) is 30.3 Å². The largest absolute Gasteiger partial charge is 0.367 e. The molecule has 1 saturated heterocycles. The van der Waals surface area contributed by atoms with E-state index in [-0.39, 0.29) is 18.4 Å². The SMILES string of the molecule is COC(C(=O)N1CCCNC(=O)C1)c1ccccc1. The molecule has 1 aliphatic rings. The van der Waals surface area contributed by atoms with Gasteiger partial charge in [0.05, 0.1) is 6.54 Å². The van der Waals surface area contributed by atoms with Gasteiger partial charge in [-0.3, -0.25) is 9.59 Å². The van der Waals surface area contributed by atoms with Crippen LogP contribution in [0, 0.1) is 0 Å². The molecule has 1 fully saturated rings. The second kappa shape index (κ2) is 6.33. The van der Waals surface area contributed by atoms with Gasteiger partial charge in [-0.25, -0.2) is 0 Å². The lowest BCUT2D eigenvalue weighted by molar-refractivity contribution is -0.144. The van der Waals surface area contributed by atoms with Crippen molar-refractivity contribution >= 4 is 11.8 Å². The van der Waals surface area contributed by atoms with Gasteiger partial charge in [-0.15, -0.1) is 0 Å². The maximum atomic E-state index is 12.4. The fourth-order valence-electron chi connectivity index (χ4n) is 2.17. The molecule has 1 N–H and O–H groups in total. The molecule has 102 valence electrons. The van der Waals surface area contributed by atoms with Crippen LogP contribution in [0.1, 0.15) is 18.1 Å². The Balaban J connectivity index is 2.14. The van der Waals surface area contributed by atoms with Gasteiger partial charge in [0, 0.05) is 20.2 Å². The third-order valence-corrected chi connectivity index (χ3v) is 3.14. The van der Waals surface area contributed by atoms with Crippen molar-refractivity contribution in [2.45, 2.75) is 12.5 Å². The summed E-state index contributed by atoms with van der Waals surface area (Å²) in [7, 11) is 1.51. The second-order valence-corrected chi connectivity index (χ2v) is 4.49. The maximum Gasteiger partial charge on any atom is 0.256 e. The van der Waals surface area contributed by atoms with Crippen LogP contribution in [0.5, 0.6) is 0 Å². The molecular formula is C14H18N2O3. The predicted molar refractivity (Wildman–Crippen MR) is 70.4 cm³/mol. The lowest BCUT2D eigenvalue weighted by atomic mass is 10.1. The van der Waals surface area contributed by atoms with E-state index in [1.54, 1.807) is 4.90 Å². The summed E-state index contributed by atoms with van der Waals surface area (Å²) < 4.78 is 5.30. The van der Waals surface area contributed by atoms with Crippen molar-refractivity contribution in [2.24, 2.45) is 0 Å². The van der Waals surface area contributed by atoms with Gasteiger partial charge in [-0.05, 0) is 12.0 Å². The Morgan fingerprint density at radius 1 is 1.37 bits per heavy atom. The number of rotatable bonds is 3. The fourth-order valence-corrected chi connectivity index (χ4v) is 2.17. The summed E-state index contributed by atoms with van der Waals surface area (Å²) in [6.45, 7) is 1.29. The van der Waals surface area contributed by atoms with Crippen molar-refractivity contribution in [2.75, 3.05) is 26.7 Å². The van der Waals surface area contributed by atoms with E-state index in [1.165, 1.54) is 7.11 Å². The Kier molecular flexibility index (Phi) is 4.52. The van der Waals surface area contributed by atoms with Gasteiger partial charge >= 0.3 is 0 Å². The van der Waals surface area contributed by atoms with Gasteiger partial charge < -0.3 is 15.0 Å². The van der Waals surface area contributed by atoms with Gasteiger partial charge in [0.25, 0.3) is 5.91 Å². The first-order chi connectivity index (χ1) is 9.22. The zero-order valence-electron chi connectivity index (χ0n) is 11.0. The number of benzene rings is 1. The monoisotopic (exact) mass is 262 g/mol. The number of hydrogen-bond acceptors (Lipinski definition) is 3. The van der Waals surface area contributed by atoms with Crippen LogP contribution in [0.2, 0.25) is 0 Å². The van der Waals surface area contributed by atoms with Crippen LogP contribution in [-0.2, 0) is 14.3 Å². The topological polar surface area (TPSA) is 58.6 Å². The second-order valence-electron chi connectivity index (χ2n) is 4.49. The first-order valence-electron chi connectivity index (χ1n) is 6.35.